The number of ether oxygens (including phenoxy) is 1. The van der Waals surface area contributed by atoms with Crippen molar-refractivity contribution < 1.29 is 19.6 Å². The van der Waals surface area contributed by atoms with Gasteiger partial charge in [-0.15, -0.1) is 0 Å². The number of hydrogen-bond donors (Lipinski definition) is 2. The molecule has 0 spiro atoms. The largest absolute Gasteiger partial charge is 0.478 e. The molecule has 1 heterocycles. The second-order valence-electron chi connectivity index (χ2n) is 3.80. The van der Waals surface area contributed by atoms with Crippen molar-refractivity contribution in [1.29, 1.82) is 0 Å². The van der Waals surface area contributed by atoms with E-state index in [0.29, 0.717) is 13.2 Å². The van der Waals surface area contributed by atoms with E-state index in [2.05, 4.69) is 10.3 Å². The maximum absolute atomic E-state index is 11.0. The van der Waals surface area contributed by atoms with Gasteiger partial charge < -0.3 is 25.3 Å². The van der Waals surface area contributed by atoms with E-state index in [1.807, 2.05) is 13.8 Å². The van der Waals surface area contributed by atoms with Crippen LogP contribution in [0.5, 0.6) is 0 Å². The summed E-state index contributed by atoms with van der Waals surface area (Å²) in [5.41, 5.74) is 0.0371. The minimum absolute atomic E-state index is 0.109. The van der Waals surface area contributed by atoms with Crippen LogP contribution in [-0.4, -0.2) is 40.2 Å². The highest BCUT2D eigenvalue weighted by Crippen LogP contribution is 2.19. The van der Waals surface area contributed by atoms with Gasteiger partial charge in [0.1, 0.15) is 0 Å². The molecule has 8 nitrogen and oxygen atoms in total. The molecule has 1 rings (SSSR count). The SMILES string of the molecule is CCOC(C)CNc1cnc([N+](=O)[O-])cc1C(=O)O. The zero-order valence-corrected chi connectivity index (χ0v) is 10.6. The molecule has 0 aliphatic carbocycles. The van der Waals surface area contributed by atoms with Crippen molar-refractivity contribution in [2.24, 2.45) is 0 Å². The minimum Gasteiger partial charge on any atom is -0.478 e. The smallest absolute Gasteiger partial charge is 0.364 e. The first-order valence-electron chi connectivity index (χ1n) is 5.68. The molecule has 1 aromatic rings. The van der Waals surface area contributed by atoms with Crippen LogP contribution in [0.25, 0.3) is 0 Å². The summed E-state index contributed by atoms with van der Waals surface area (Å²) in [5, 5.41) is 22.4. The zero-order chi connectivity index (χ0) is 14.4. The summed E-state index contributed by atoms with van der Waals surface area (Å²) >= 11 is 0. The fraction of sp³-hybridized carbons (Fsp3) is 0.455. The predicted octanol–water partition coefficient (Wildman–Crippen LogP) is 1.52. The third-order valence-corrected chi connectivity index (χ3v) is 2.34. The summed E-state index contributed by atoms with van der Waals surface area (Å²) in [7, 11) is 0. The third kappa shape index (κ3) is 4.18. The van der Waals surface area contributed by atoms with Gasteiger partial charge in [0.2, 0.25) is 0 Å². The van der Waals surface area contributed by atoms with Gasteiger partial charge in [-0.25, -0.2) is 4.79 Å². The van der Waals surface area contributed by atoms with Crippen LogP contribution in [0.3, 0.4) is 0 Å². The van der Waals surface area contributed by atoms with E-state index in [-0.39, 0.29) is 17.4 Å². The summed E-state index contributed by atoms with van der Waals surface area (Å²) in [6.07, 6.45) is 1.03. The summed E-state index contributed by atoms with van der Waals surface area (Å²) < 4.78 is 5.29. The Bertz CT molecular complexity index is 477. The summed E-state index contributed by atoms with van der Waals surface area (Å²) in [4.78, 5) is 24.4. The predicted molar refractivity (Wildman–Crippen MR) is 67.4 cm³/mol. The Labute approximate surface area is 109 Å². The van der Waals surface area contributed by atoms with Gasteiger partial charge in [-0.3, -0.25) is 0 Å². The highest BCUT2D eigenvalue weighted by Gasteiger charge is 2.18. The normalized spacial score (nSPS) is 11.9. The molecule has 0 saturated carbocycles. The maximum Gasteiger partial charge on any atom is 0.364 e. The van der Waals surface area contributed by atoms with Crippen LogP contribution in [0, 0.1) is 10.1 Å². The van der Waals surface area contributed by atoms with Crippen LogP contribution in [0.15, 0.2) is 12.3 Å². The van der Waals surface area contributed by atoms with Crippen molar-refractivity contribution >= 4 is 17.5 Å². The van der Waals surface area contributed by atoms with Crippen molar-refractivity contribution in [2.75, 3.05) is 18.5 Å². The topological polar surface area (TPSA) is 115 Å². The molecule has 8 heteroatoms. The van der Waals surface area contributed by atoms with Gasteiger partial charge >= 0.3 is 11.8 Å². The molecule has 0 aromatic carbocycles. The number of aromatic carboxylic acids is 1. The Morgan fingerprint density at radius 1 is 1.68 bits per heavy atom. The zero-order valence-electron chi connectivity index (χ0n) is 10.6. The van der Waals surface area contributed by atoms with Gasteiger partial charge in [-0.1, -0.05) is 0 Å². The van der Waals surface area contributed by atoms with Gasteiger partial charge in [0.25, 0.3) is 0 Å². The fourth-order valence-electron chi connectivity index (χ4n) is 1.46. The molecular weight excluding hydrogens is 254 g/mol. The van der Waals surface area contributed by atoms with Crippen molar-refractivity contribution in [1.82, 2.24) is 4.98 Å². The summed E-state index contributed by atoms with van der Waals surface area (Å²) in [5.74, 6) is -1.75. The van der Waals surface area contributed by atoms with E-state index in [4.69, 9.17) is 9.84 Å². The van der Waals surface area contributed by atoms with Crippen LogP contribution < -0.4 is 5.32 Å². The average molecular weight is 269 g/mol. The number of aromatic nitrogens is 1. The minimum atomic E-state index is -1.25. The van der Waals surface area contributed by atoms with Crippen molar-refractivity contribution in [3.8, 4) is 0 Å². The Morgan fingerprint density at radius 3 is 2.89 bits per heavy atom. The van der Waals surface area contributed by atoms with Gasteiger partial charge in [0.15, 0.2) is 6.20 Å². The van der Waals surface area contributed by atoms with Crippen LogP contribution in [0.2, 0.25) is 0 Å². The number of nitro groups is 1. The van der Waals surface area contributed by atoms with Gasteiger partial charge in [-0.2, -0.15) is 0 Å². The van der Waals surface area contributed by atoms with Crippen LogP contribution in [0.4, 0.5) is 11.5 Å². The Morgan fingerprint density at radius 2 is 2.37 bits per heavy atom. The second kappa shape index (κ2) is 6.64. The molecule has 0 aliphatic rings. The molecule has 0 radical (unpaired) electrons. The quantitative estimate of drug-likeness (QED) is 0.569. The fourth-order valence-corrected chi connectivity index (χ4v) is 1.46. The number of rotatable bonds is 7. The number of carbonyl (C=O) groups is 1. The Kier molecular flexibility index (Phi) is 5.19. The lowest BCUT2D eigenvalue weighted by atomic mass is 10.2. The lowest BCUT2D eigenvalue weighted by molar-refractivity contribution is -0.389. The molecule has 0 amide bonds. The van der Waals surface area contributed by atoms with Crippen LogP contribution >= 0.6 is 0 Å². The van der Waals surface area contributed by atoms with Crippen molar-refractivity contribution in [3.63, 3.8) is 0 Å². The molecule has 0 bridgehead atoms. The number of nitrogens with zero attached hydrogens (tertiary/aromatic N) is 2. The first-order valence-corrected chi connectivity index (χ1v) is 5.68. The molecule has 1 atom stereocenters. The summed E-state index contributed by atoms with van der Waals surface area (Å²) in [6.45, 7) is 4.61. The van der Waals surface area contributed by atoms with E-state index in [1.54, 1.807) is 0 Å². The molecule has 2 N–H and O–H groups in total. The monoisotopic (exact) mass is 269 g/mol. The maximum atomic E-state index is 11.0. The van der Waals surface area contributed by atoms with E-state index >= 15 is 0 Å². The standard InChI is InChI=1S/C11H15N3O5/c1-3-19-7(2)5-12-9-6-13-10(14(17)18)4-8(9)11(15)16/h4,6-7,12H,3,5H2,1-2H3,(H,15,16). The molecule has 0 fully saturated rings. The van der Waals surface area contributed by atoms with Gasteiger partial charge in [0, 0.05) is 13.2 Å². The highest BCUT2D eigenvalue weighted by molar-refractivity contribution is 5.94. The van der Waals surface area contributed by atoms with Crippen molar-refractivity contribution in [3.05, 3.63) is 27.9 Å². The number of hydrogen-bond acceptors (Lipinski definition) is 6. The third-order valence-electron chi connectivity index (χ3n) is 2.34. The molecule has 19 heavy (non-hydrogen) atoms. The number of carboxylic acids is 1. The molecule has 0 aliphatic heterocycles. The number of nitrogens with one attached hydrogen (secondary N) is 1. The molecule has 1 unspecified atom stereocenters. The van der Waals surface area contributed by atoms with Gasteiger partial charge in [0.05, 0.1) is 23.4 Å². The van der Waals surface area contributed by atoms with E-state index < -0.39 is 16.7 Å². The average Bonchev–Trinajstić information content (AvgIpc) is 2.36. The Hall–Kier alpha value is -2.22. The molecule has 0 saturated heterocycles. The Balaban J connectivity index is 2.88. The number of carboxylic acid groups (broad SMARTS) is 1. The van der Waals surface area contributed by atoms with Gasteiger partial charge in [-0.05, 0) is 23.8 Å². The van der Waals surface area contributed by atoms with Crippen molar-refractivity contribution in [2.45, 2.75) is 20.0 Å². The lowest BCUT2D eigenvalue weighted by Gasteiger charge is -2.13. The van der Waals surface area contributed by atoms with Crippen LogP contribution in [0.1, 0.15) is 24.2 Å². The molecule has 1 aromatic heterocycles. The highest BCUT2D eigenvalue weighted by atomic mass is 16.6. The first-order chi connectivity index (χ1) is 8.95. The summed E-state index contributed by atoms with van der Waals surface area (Å²) in [6, 6.07) is 0.927. The second-order valence-corrected chi connectivity index (χ2v) is 3.80. The lowest BCUT2D eigenvalue weighted by Crippen LogP contribution is -2.21. The number of pyridine rings is 1. The first kappa shape index (κ1) is 14.8. The van der Waals surface area contributed by atoms with Crippen LogP contribution in [-0.2, 0) is 4.74 Å². The molecule has 104 valence electrons. The van der Waals surface area contributed by atoms with E-state index in [0.717, 1.165) is 12.3 Å². The number of anilines is 1. The molecular formula is C11H15N3O5. The van der Waals surface area contributed by atoms with E-state index in [1.165, 1.54) is 0 Å². The van der Waals surface area contributed by atoms with E-state index in [9.17, 15) is 14.9 Å².